The van der Waals surface area contributed by atoms with Crippen LogP contribution in [0, 0.1) is 6.92 Å². The maximum Gasteiger partial charge on any atom is 0.303 e. The van der Waals surface area contributed by atoms with E-state index in [-0.39, 0.29) is 18.9 Å². The molecule has 0 saturated heterocycles. The monoisotopic (exact) mass is 464 g/mol. The van der Waals surface area contributed by atoms with Crippen molar-refractivity contribution in [2.75, 3.05) is 6.61 Å². The van der Waals surface area contributed by atoms with Crippen molar-refractivity contribution in [3.63, 3.8) is 0 Å². The Hall–Kier alpha value is -3.54. The normalized spacial score (nSPS) is 11.7. The van der Waals surface area contributed by atoms with Crippen LogP contribution < -0.4 is 4.74 Å². The molecule has 0 spiro atoms. The smallest absolute Gasteiger partial charge is 0.303 e. The number of nitrogens with zero attached hydrogens (tertiary/aromatic N) is 1. The Balaban J connectivity index is 1.74. The Morgan fingerprint density at radius 3 is 2.50 bits per heavy atom. The van der Waals surface area contributed by atoms with Crippen LogP contribution in [0.3, 0.4) is 0 Å². The van der Waals surface area contributed by atoms with Gasteiger partial charge in [-0.1, -0.05) is 29.8 Å². The molecule has 0 unspecified atom stereocenters. The summed E-state index contributed by atoms with van der Waals surface area (Å²) in [5.74, 6) is 0.373. The van der Waals surface area contributed by atoms with Crippen molar-refractivity contribution in [1.82, 2.24) is 4.90 Å². The molecule has 1 heterocycles. The Bertz CT molecular complexity index is 1120. The molecular formula is C28H33NO5. The zero-order valence-corrected chi connectivity index (χ0v) is 20.0. The molecule has 1 amide bonds. The minimum absolute atomic E-state index is 0.161. The van der Waals surface area contributed by atoms with E-state index in [0.717, 1.165) is 35.3 Å². The first-order chi connectivity index (χ1) is 16.6. The fraction of sp³-hybridized carbons (Fsp3) is 0.357. The summed E-state index contributed by atoms with van der Waals surface area (Å²) in [7, 11) is 0. The van der Waals surface area contributed by atoms with Crippen LogP contribution in [-0.4, -0.2) is 34.5 Å². The van der Waals surface area contributed by atoms with Gasteiger partial charge in [-0.2, -0.15) is 0 Å². The molecule has 1 N–H and O–H groups in total. The van der Waals surface area contributed by atoms with Crippen LogP contribution in [0.25, 0.3) is 11.3 Å². The zero-order chi connectivity index (χ0) is 25.4. The summed E-state index contributed by atoms with van der Waals surface area (Å²) in [5.41, 5.74) is 3.23. The molecule has 180 valence electrons. The van der Waals surface area contributed by atoms with E-state index in [2.05, 4.69) is 0 Å². The molecule has 34 heavy (non-hydrogen) atoms. The highest BCUT2D eigenvalue weighted by Crippen LogP contribution is 2.25. The van der Waals surface area contributed by atoms with Crippen LogP contribution in [0.15, 0.2) is 65.3 Å². The van der Waals surface area contributed by atoms with Gasteiger partial charge in [-0.05, 0) is 70.4 Å². The highest BCUT2D eigenvalue weighted by molar-refractivity contribution is 5.94. The molecule has 0 atom stereocenters. The number of hydrogen-bond acceptors (Lipinski definition) is 4. The van der Waals surface area contributed by atoms with Crippen LogP contribution in [0.4, 0.5) is 0 Å². The van der Waals surface area contributed by atoms with E-state index in [1.807, 2.05) is 49.4 Å². The maximum atomic E-state index is 13.5. The third kappa shape index (κ3) is 6.98. The predicted octanol–water partition coefficient (Wildman–Crippen LogP) is 6.33. The van der Waals surface area contributed by atoms with Crippen LogP contribution in [0.1, 0.15) is 62.4 Å². The van der Waals surface area contributed by atoms with Crippen molar-refractivity contribution in [2.45, 2.75) is 59.0 Å². The number of carbonyl (C=O) groups excluding carboxylic acids is 1. The van der Waals surface area contributed by atoms with Gasteiger partial charge in [-0.15, -0.1) is 0 Å². The quantitative estimate of drug-likeness (QED) is 0.317. The van der Waals surface area contributed by atoms with Crippen molar-refractivity contribution in [3.8, 4) is 17.1 Å². The fourth-order valence-electron chi connectivity index (χ4n) is 3.69. The lowest BCUT2D eigenvalue weighted by Gasteiger charge is -2.28. The first kappa shape index (κ1) is 23.6. The largest absolute Gasteiger partial charge is 0.493 e. The molecular weight excluding hydrogens is 430 g/mol. The maximum absolute atomic E-state index is 13.5. The summed E-state index contributed by atoms with van der Waals surface area (Å²) >= 11 is 0. The van der Waals surface area contributed by atoms with Crippen molar-refractivity contribution in [1.29, 1.82) is 0 Å². The van der Waals surface area contributed by atoms with E-state index in [1.54, 1.807) is 32.2 Å². The van der Waals surface area contributed by atoms with Crippen LogP contribution in [0.2, 0.25) is 0 Å². The van der Waals surface area contributed by atoms with E-state index in [4.69, 9.17) is 15.6 Å². The van der Waals surface area contributed by atoms with Crippen molar-refractivity contribution >= 4 is 11.9 Å². The zero-order valence-electron chi connectivity index (χ0n) is 21.0. The van der Waals surface area contributed by atoms with Gasteiger partial charge in [0.25, 0.3) is 5.91 Å². The lowest BCUT2D eigenvalue weighted by molar-refractivity contribution is -0.137. The van der Waals surface area contributed by atoms with E-state index in [1.165, 1.54) is 4.90 Å². The van der Waals surface area contributed by atoms with Crippen LogP contribution in [0.5, 0.6) is 5.75 Å². The molecule has 1 aromatic heterocycles. The van der Waals surface area contributed by atoms with Crippen LogP contribution in [-0.2, 0) is 11.3 Å². The van der Waals surface area contributed by atoms with Gasteiger partial charge >= 0.3 is 5.97 Å². The van der Waals surface area contributed by atoms with Crippen LogP contribution >= 0.6 is 0 Å². The second-order valence-electron chi connectivity index (χ2n) is 8.56. The van der Waals surface area contributed by atoms with Gasteiger partial charge in [0.15, 0.2) is 0 Å². The van der Waals surface area contributed by atoms with Crippen molar-refractivity contribution in [2.24, 2.45) is 0 Å². The highest BCUT2D eigenvalue weighted by Gasteiger charge is 2.21. The van der Waals surface area contributed by atoms with Gasteiger partial charge < -0.3 is 19.2 Å². The molecule has 0 bridgehead atoms. The number of carboxylic acid groups (broad SMARTS) is 1. The molecule has 2 aromatic carbocycles. The van der Waals surface area contributed by atoms with E-state index < -0.39 is 12.0 Å². The van der Waals surface area contributed by atoms with Crippen molar-refractivity contribution < 1.29 is 25.2 Å². The Labute approximate surface area is 202 Å². The number of aliphatic carboxylic acids is 1. The lowest BCUT2D eigenvalue weighted by Crippen LogP contribution is -2.36. The van der Waals surface area contributed by atoms with E-state index in [0.29, 0.717) is 24.3 Å². The second kappa shape index (κ2) is 12.1. The number of benzene rings is 2. The van der Waals surface area contributed by atoms with Gasteiger partial charge in [0.05, 0.1) is 14.2 Å². The summed E-state index contributed by atoms with van der Waals surface area (Å²) in [6.07, 6.45) is 3.90. The van der Waals surface area contributed by atoms with E-state index in [9.17, 15) is 9.59 Å². The molecule has 6 heteroatoms. The summed E-state index contributed by atoms with van der Waals surface area (Å²) in [6.45, 7) is 6.06. The number of carbonyl (C=O) groups is 2. The van der Waals surface area contributed by atoms with Gasteiger partial charge in [-0.25, -0.2) is 0 Å². The number of hydrogen-bond donors (Lipinski definition) is 1. The average molecular weight is 465 g/mol. The topological polar surface area (TPSA) is 80.0 Å². The number of carboxylic acids is 1. The fourth-order valence-corrected chi connectivity index (χ4v) is 3.69. The lowest BCUT2D eigenvalue weighted by atomic mass is 10.1. The summed E-state index contributed by atoms with van der Waals surface area (Å²) in [5, 5.41) is 8.76. The third-order valence-electron chi connectivity index (χ3n) is 5.56. The minimum Gasteiger partial charge on any atom is -0.493 e. The summed E-state index contributed by atoms with van der Waals surface area (Å²) in [4.78, 5) is 25.7. The molecule has 0 saturated carbocycles. The molecule has 0 radical (unpaired) electrons. The van der Waals surface area contributed by atoms with Gasteiger partial charge in [0.1, 0.15) is 11.5 Å². The average Bonchev–Trinajstić information content (AvgIpc) is 3.34. The standard InChI is InChI=1S/C28H33NO5/c1-20(2)29(28(32)23-13-11-22(12-14-23)25-8-7-17-34-25)19-24-18-21(3)10-15-26(24)33-16-6-4-5-9-27(30)31/h7-8,10-15,17-18,20H,4-6,9,16,19H2,1-3H3,(H,30,31)/i20D. The number of ether oxygens (including phenoxy) is 1. The molecule has 0 aliphatic heterocycles. The SMILES string of the molecule is [2H]C(C)(C)N(Cc1cc(C)ccc1OCCCCCC(=O)O)C(=O)c1ccc(-c2ccco2)cc1. The molecule has 0 aliphatic rings. The Morgan fingerprint density at radius 1 is 1.09 bits per heavy atom. The van der Waals surface area contributed by atoms with Gasteiger partial charge in [0, 0.05) is 35.7 Å². The number of rotatable bonds is 12. The predicted molar refractivity (Wildman–Crippen MR) is 132 cm³/mol. The second-order valence-corrected chi connectivity index (χ2v) is 8.56. The first-order valence-corrected chi connectivity index (χ1v) is 11.5. The minimum atomic E-state index is -1.16. The van der Waals surface area contributed by atoms with Crippen molar-refractivity contribution in [3.05, 3.63) is 77.6 Å². The molecule has 6 nitrogen and oxygen atoms in total. The molecule has 3 aromatic rings. The van der Waals surface area contributed by atoms with Gasteiger partial charge in [0.2, 0.25) is 0 Å². The number of aryl methyl sites for hydroxylation is 1. The first-order valence-electron chi connectivity index (χ1n) is 12.0. The summed E-state index contributed by atoms with van der Waals surface area (Å²) < 4.78 is 20.1. The molecule has 0 aliphatic carbocycles. The number of amides is 1. The Kier molecular flexibility index (Phi) is 8.38. The summed E-state index contributed by atoms with van der Waals surface area (Å²) in [6, 6.07) is 15.5. The molecule has 3 rings (SSSR count). The Morgan fingerprint density at radius 2 is 1.85 bits per heavy atom. The number of unbranched alkanes of at least 4 members (excludes halogenated alkanes) is 2. The van der Waals surface area contributed by atoms with E-state index >= 15 is 0 Å². The van der Waals surface area contributed by atoms with Gasteiger partial charge in [-0.3, -0.25) is 9.59 Å². The molecule has 0 fully saturated rings. The number of furan rings is 1. The highest BCUT2D eigenvalue weighted by atomic mass is 16.5. The third-order valence-corrected chi connectivity index (χ3v) is 5.56.